The van der Waals surface area contributed by atoms with Crippen LogP contribution in [-0.4, -0.2) is 25.0 Å². The Morgan fingerprint density at radius 1 is 1.12 bits per heavy atom. The molecule has 0 amide bonds. The number of hydrogen-bond acceptors (Lipinski definition) is 2. The maximum absolute atomic E-state index is 13.3. The van der Waals surface area contributed by atoms with Crippen LogP contribution in [0.25, 0.3) is 0 Å². The minimum absolute atomic E-state index is 0.151. The van der Waals surface area contributed by atoms with E-state index in [4.69, 9.17) is 5.73 Å². The van der Waals surface area contributed by atoms with Crippen LogP contribution in [0, 0.1) is 17.5 Å². The second-order valence-corrected chi connectivity index (χ2v) is 3.74. The van der Waals surface area contributed by atoms with Gasteiger partial charge < -0.3 is 10.6 Å². The van der Waals surface area contributed by atoms with Crippen molar-refractivity contribution in [3.8, 4) is 0 Å². The molecule has 2 nitrogen and oxygen atoms in total. The summed E-state index contributed by atoms with van der Waals surface area (Å²) in [5.41, 5.74) is 5.49. The van der Waals surface area contributed by atoms with Gasteiger partial charge in [0.15, 0.2) is 11.6 Å². The van der Waals surface area contributed by atoms with Gasteiger partial charge in [0.25, 0.3) is 0 Å². The zero-order valence-corrected chi connectivity index (χ0v) is 9.14. The average molecular weight is 232 g/mol. The van der Waals surface area contributed by atoms with Crippen molar-refractivity contribution in [1.82, 2.24) is 4.90 Å². The molecular formula is C11H15F3N2. The summed E-state index contributed by atoms with van der Waals surface area (Å²) in [5, 5.41) is 0. The summed E-state index contributed by atoms with van der Waals surface area (Å²) < 4.78 is 38.8. The largest absolute Gasteiger partial charge is 0.330 e. The van der Waals surface area contributed by atoms with Crippen LogP contribution in [0.15, 0.2) is 12.1 Å². The van der Waals surface area contributed by atoms with Gasteiger partial charge in [-0.3, -0.25) is 0 Å². The fourth-order valence-electron chi connectivity index (χ4n) is 1.42. The Kier molecular flexibility index (Phi) is 4.76. The van der Waals surface area contributed by atoms with Gasteiger partial charge in [-0.15, -0.1) is 0 Å². The zero-order valence-electron chi connectivity index (χ0n) is 9.14. The van der Waals surface area contributed by atoms with E-state index in [0.717, 1.165) is 12.5 Å². The minimum Gasteiger partial charge on any atom is -0.330 e. The maximum atomic E-state index is 13.3. The molecule has 0 aliphatic heterocycles. The molecule has 0 aliphatic rings. The molecule has 0 spiro atoms. The van der Waals surface area contributed by atoms with Crippen molar-refractivity contribution in [3.63, 3.8) is 0 Å². The molecule has 90 valence electrons. The van der Waals surface area contributed by atoms with Crippen molar-refractivity contribution in [2.75, 3.05) is 20.1 Å². The molecule has 0 aromatic heterocycles. The summed E-state index contributed by atoms with van der Waals surface area (Å²) in [6.07, 6.45) is 0.780. The topological polar surface area (TPSA) is 29.3 Å². The van der Waals surface area contributed by atoms with Crippen LogP contribution >= 0.6 is 0 Å². The Labute approximate surface area is 92.9 Å². The second kappa shape index (κ2) is 5.86. The van der Waals surface area contributed by atoms with Crippen LogP contribution in [0.5, 0.6) is 0 Å². The van der Waals surface area contributed by atoms with E-state index in [-0.39, 0.29) is 12.1 Å². The first-order chi connectivity index (χ1) is 7.54. The monoisotopic (exact) mass is 232 g/mol. The van der Waals surface area contributed by atoms with Crippen molar-refractivity contribution in [3.05, 3.63) is 35.1 Å². The lowest BCUT2D eigenvalue weighted by molar-refractivity contribution is 0.317. The highest BCUT2D eigenvalue weighted by Crippen LogP contribution is 2.15. The van der Waals surface area contributed by atoms with Gasteiger partial charge in [-0.1, -0.05) is 0 Å². The minimum atomic E-state index is -1.16. The number of benzene rings is 1. The van der Waals surface area contributed by atoms with Gasteiger partial charge in [0.2, 0.25) is 0 Å². The highest BCUT2D eigenvalue weighted by atomic mass is 19.2. The van der Waals surface area contributed by atoms with Crippen LogP contribution in [0.2, 0.25) is 0 Å². The zero-order chi connectivity index (χ0) is 12.1. The fourth-order valence-corrected chi connectivity index (χ4v) is 1.42. The lowest BCUT2D eigenvalue weighted by Gasteiger charge is -2.16. The van der Waals surface area contributed by atoms with Gasteiger partial charge >= 0.3 is 0 Å². The van der Waals surface area contributed by atoms with Crippen LogP contribution in [0.3, 0.4) is 0 Å². The lowest BCUT2D eigenvalue weighted by Crippen LogP contribution is -2.22. The quantitative estimate of drug-likeness (QED) is 0.785. The number of rotatable bonds is 5. The smallest absolute Gasteiger partial charge is 0.161 e. The predicted octanol–water partition coefficient (Wildman–Crippen LogP) is 1.88. The standard InChI is InChI=1S/C11H15F3N2/c1-16(4-2-3-15)7-8-5-10(13)11(14)6-9(8)12/h5-6H,2-4,7,15H2,1H3. The molecule has 0 bridgehead atoms. The first-order valence-corrected chi connectivity index (χ1v) is 5.06. The molecule has 2 N–H and O–H groups in total. The van der Waals surface area contributed by atoms with Crippen molar-refractivity contribution >= 4 is 0 Å². The summed E-state index contributed by atoms with van der Waals surface area (Å²) in [7, 11) is 1.77. The summed E-state index contributed by atoms with van der Waals surface area (Å²) >= 11 is 0. The van der Waals surface area contributed by atoms with Crippen molar-refractivity contribution < 1.29 is 13.2 Å². The molecule has 1 rings (SSSR count). The Balaban J connectivity index is 2.69. The van der Waals surface area contributed by atoms with Gasteiger partial charge in [0.1, 0.15) is 5.82 Å². The highest BCUT2D eigenvalue weighted by Gasteiger charge is 2.11. The average Bonchev–Trinajstić information content (AvgIpc) is 2.23. The van der Waals surface area contributed by atoms with E-state index in [0.29, 0.717) is 19.2 Å². The Morgan fingerprint density at radius 3 is 2.38 bits per heavy atom. The number of halogens is 3. The third-order valence-corrected chi connectivity index (χ3v) is 2.27. The molecule has 0 radical (unpaired) electrons. The predicted molar refractivity (Wildman–Crippen MR) is 56.3 cm³/mol. The first-order valence-electron chi connectivity index (χ1n) is 5.06. The Morgan fingerprint density at radius 2 is 1.75 bits per heavy atom. The molecule has 1 aromatic carbocycles. The highest BCUT2D eigenvalue weighted by molar-refractivity contribution is 5.19. The molecule has 0 saturated carbocycles. The third kappa shape index (κ3) is 3.50. The van der Waals surface area contributed by atoms with Gasteiger partial charge in [-0.05, 0) is 32.6 Å². The van der Waals surface area contributed by atoms with E-state index in [9.17, 15) is 13.2 Å². The molecule has 1 aromatic rings. The van der Waals surface area contributed by atoms with Crippen LogP contribution in [0.1, 0.15) is 12.0 Å². The third-order valence-electron chi connectivity index (χ3n) is 2.27. The molecule has 16 heavy (non-hydrogen) atoms. The summed E-state index contributed by atoms with van der Waals surface area (Å²) in [5.74, 6) is -2.91. The second-order valence-electron chi connectivity index (χ2n) is 3.74. The maximum Gasteiger partial charge on any atom is 0.161 e. The molecule has 0 fully saturated rings. The summed E-state index contributed by atoms with van der Waals surface area (Å²) in [6.45, 7) is 1.47. The van der Waals surface area contributed by atoms with E-state index in [2.05, 4.69) is 0 Å². The van der Waals surface area contributed by atoms with Crippen molar-refractivity contribution in [1.29, 1.82) is 0 Å². The molecule has 0 atom stereocenters. The van der Waals surface area contributed by atoms with E-state index >= 15 is 0 Å². The summed E-state index contributed by atoms with van der Waals surface area (Å²) in [4.78, 5) is 1.81. The molecule has 0 saturated heterocycles. The van der Waals surface area contributed by atoms with Gasteiger partial charge in [0, 0.05) is 18.2 Å². The first kappa shape index (κ1) is 13.0. The van der Waals surface area contributed by atoms with Gasteiger partial charge in [0.05, 0.1) is 0 Å². The molecule has 0 unspecified atom stereocenters. The SMILES string of the molecule is CN(CCCN)Cc1cc(F)c(F)cc1F. The van der Waals surface area contributed by atoms with Crippen molar-refractivity contribution in [2.45, 2.75) is 13.0 Å². The van der Waals surface area contributed by atoms with E-state index in [1.165, 1.54) is 0 Å². The number of nitrogens with zero attached hydrogens (tertiary/aromatic N) is 1. The van der Waals surface area contributed by atoms with Crippen molar-refractivity contribution in [2.24, 2.45) is 5.73 Å². The molecule has 0 aliphatic carbocycles. The van der Waals surface area contributed by atoms with Crippen LogP contribution in [-0.2, 0) is 6.54 Å². The Hall–Kier alpha value is -1.07. The normalized spacial score (nSPS) is 11.1. The molecular weight excluding hydrogens is 217 g/mol. The summed E-state index contributed by atoms with van der Waals surface area (Å²) in [6, 6.07) is 1.46. The van der Waals surface area contributed by atoms with E-state index < -0.39 is 17.5 Å². The fraction of sp³-hybridized carbons (Fsp3) is 0.455. The lowest BCUT2D eigenvalue weighted by atomic mass is 10.2. The Bertz CT molecular complexity index is 355. The van der Waals surface area contributed by atoms with Crippen LogP contribution in [0.4, 0.5) is 13.2 Å². The molecule has 0 heterocycles. The van der Waals surface area contributed by atoms with Crippen LogP contribution < -0.4 is 5.73 Å². The van der Waals surface area contributed by atoms with E-state index in [1.54, 1.807) is 7.05 Å². The van der Waals surface area contributed by atoms with Gasteiger partial charge in [-0.25, -0.2) is 13.2 Å². The number of hydrogen-bond donors (Lipinski definition) is 1. The van der Waals surface area contributed by atoms with Gasteiger partial charge in [-0.2, -0.15) is 0 Å². The molecule has 5 heteroatoms. The number of nitrogens with two attached hydrogens (primary N) is 1. The van der Waals surface area contributed by atoms with E-state index in [1.807, 2.05) is 4.90 Å².